The summed E-state index contributed by atoms with van der Waals surface area (Å²) in [7, 11) is 0. The van der Waals surface area contributed by atoms with Crippen LogP contribution >= 0.6 is 0 Å². The topological polar surface area (TPSA) is 61.4 Å². The summed E-state index contributed by atoms with van der Waals surface area (Å²) in [6.45, 7) is 0.914. The number of unbranched alkanes of at least 4 members (excludes halogenated alkanes) is 2. The van der Waals surface area contributed by atoms with Gasteiger partial charge in [-0.25, -0.2) is 9.18 Å². The standard InChI is InChI=1S/C13H19FN2O2/c14-12-7-3-2-6-11(12)10-16-13(18)15-8-4-1-5-9-17/h2-3,6-7,17H,1,4-5,8-10H2,(H2,15,16,18). The number of aliphatic hydroxyl groups is 1. The molecule has 0 aliphatic rings. The van der Waals surface area contributed by atoms with E-state index in [1.807, 2.05) is 0 Å². The number of hydrogen-bond donors (Lipinski definition) is 3. The highest BCUT2D eigenvalue weighted by Crippen LogP contribution is 2.05. The number of hydrogen-bond acceptors (Lipinski definition) is 2. The number of benzene rings is 1. The van der Waals surface area contributed by atoms with Gasteiger partial charge in [0.2, 0.25) is 0 Å². The van der Waals surface area contributed by atoms with E-state index in [1.165, 1.54) is 6.07 Å². The lowest BCUT2D eigenvalue weighted by Crippen LogP contribution is -2.35. The molecule has 1 rings (SSSR count). The zero-order valence-electron chi connectivity index (χ0n) is 10.3. The Bertz CT molecular complexity index is 372. The van der Waals surface area contributed by atoms with Crippen molar-refractivity contribution in [2.24, 2.45) is 0 Å². The smallest absolute Gasteiger partial charge is 0.315 e. The minimum Gasteiger partial charge on any atom is -0.396 e. The number of carbonyl (C=O) groups excluding carboxylic acids is 1. The summed E-state index contributed by atoms with van der Waals surface area (Å²) in [5.74, 6) is -0.319. The fourth-order valence-electron chi connectivity index (χ4n) is 1.50. The van der Waals surface area contributed by atoms with Gasteiger partial charge in [0.05, 0.1) is 0 Å². The molecule has 0 unspecified atom stereocenters. The zero-order valence-corrected chi connectivity index (χ0v) is 10.3. The summed E-state index contributed by atoms with van der Waals surface area (Å²) >= 11 is 0. The van der Waals surface area contributed by atoms with Crippen molar-refractivity contribution in [2.45, 2.75) is 25.8 Å². The lowest BCUT2D eigenvalue weighted by atomic mass is 10.2. The molecule has 100 valence electrons. The molecule has 0 heterocycles. The molecule has 4 nitrogen and oxygen atoms in total. The van der Waals surface area contributed by atoms with Crippen LogP contribution in [0.4, 0.5) is 9.18 Å². The maximum atomic E-state index is 13.2. The molecule has 0 spiro atoms. The van der Waals surface area contributed by atoms with Crippen molar-refractivity contribution in [1.82, 2.24) is 10.6 Å². The quantitative estimate of drug-likeness (QED) is 0.650. The lowest BCUT2D eigenvalue weighted by molar-refractivity contribution is 0.240. The van der Waals surface area contributed by atoms with Gasteiger partial charge < -0.3 is 15.7 Å². The average Bonchev–Trinajstić information content (AvgIpc) is 2.37. The first-order valence-corrected chi connectivity index (χ1v) is 6.10. The second-order valence-corrected chi connectivity index (χ2v) is 3.99. The van der Waals surface area contributed by atoms with E-state index < -0.39 is 0 Å². The van der Waals surface area contributed by atoms with Gasteiger partial charge in [-0.2, -0.15) is 0 Å². The highest BCUT2D eigenvalue weighted by molar-refractivity contribution is 5.73. The van der Waals surface area contributed by atoms with Crippen molar-refractivity contribution < 1.29 is 14.3 Å². The second kappa shape index (κ2) is 8.47. The van der Waals surface area contributed by atoms with E-state index in [0.29, 0.717) is 12.1 Å². The second-order valence-electron chi connectivity index (χ2n) is 3.99. The molecule has 0 saturated heterocycles. The average molecular weight is 254 g/mol. The van der Waals surface area contributed by atoms with Crippen molar-refractivity contribution in [3.05, 3.63) is 35.6 Å². The van der Waals surface area contributed by atoms with Gasteiger partial charge in [0.1, 0.15) is 5.82 Å². The summed E-state index contributed by atoms with van der Waals surface area (Å²) in [4.78, 5) is 11.4. The normalized spacial score (nSPS) is 10.1. The van der Waals surface area contributed by atoms with Crippen LogP contribution in [-0.2, 0) is 6.54 Å². The van der Waals surface area contributed by atoms with Crippen LogP contribution in [0.5, 0.6) is 0 Å². The third kappa shape index (κ3) is 5.63. The molecule has 0 saturated carbocycles. The van der Waals surface area contributed by atoms with Gasteiger partial charge >= 0.3 is 6.03 Å². The van der Waals surface area contributed by atoms with Gasteiger partial charge in [-0.05, 0) is 25.3 Å². The van der Waals surface area contributed by atoms with Crippen molar-refractivity contribution in [3.8, 4) is 0 Å². The molecule has 0 aliphatic carbocycles. The van der Waals surface area contributed by atoms with Crippen LogP contribution in [0, 0.1) is 5.82 Å². The Hall–Kier alpha value is -1.62. The Morgan fingerprint density at radius 2 is 1.94 bits per heavy atom. The molecule has 0 aromatic heterocycles. The first-order chi connectivity index (χ1) is 8.74. The van der Waals surface area contributed by atoms with Crippen molar-refractivity contribution in [2.75, 3.05) is 13.2 Å². The molecule has 2 amide bonds. The van der Waals surface area contributed by atoms with Crippen molar-refractivity contribution in [1.29, 1.82) is 0 Å². The largest absolute Gasteiger partial charge is 0.396 e. The Morgan fingerprint density at radius 1 is 1.17 bits per heavy atom. The summed E-state index contributed by atoms with van der Waals surface area (Å²) in [6.07, 6.45) is 2.45. The summed E-state index contributed by atoms with van der Waals surface area (Å²) in [6, 6.07) is 6.04. The fourth-order valence-corrected chi connectivity index (χ4v) is 1.50. The fraction of sp³-hybridized carbons (Fsp3) is 0.462. The monoisotopic (exact) mass is 254 g/mol. The Morgan fingerprint density at radius 3 is 2.67 bits per heavy atom. The number of aliphatic hydroxyl groups excluding tert-OH is 1. The predicted molar refractivity (Wildman–Crippen MR) is 67.6 cm³/mol. The number of halogens is 1. The number of urea groups is 1. The van der Waals surface area contributed by atoms with Crippen LogP contribution in [0.25, 0.3) is 0 Å². The molecule has 0 aliphatic heterocycles. The number of carbonyl (C=O) groups is 1. The summed E-state index contributed by atoms with van der Waals surface area (Å²) in [5.41, 5.74) is 0.466. The lowest BCUT2D eigenvalue weighted by Gasteiger charge is -2.08. The van der Waals surface area contributed by atoms with Gasteiger partial charge in [0, 0.05) is 25.3 Å². The number of amides is 2. The van der Waals surface area contributed by atoms with Crippen LogP contribution in [-0.4, -0.2) is 24.3 Å². The molecule has 0 fully saturated rings. The minimum absolute atomic E-state index is 0.176. The molecule has 3 N–H and O–H groups in total. The van der Waals surface area contributed by atoms with E-state index in [4.69, 9.17) is 5.11 Å². The molecule has 0 radical (unpaired) electrons. The van der Waals surface area contributed by atoms with Crippen LogP contribution in [0.1, 0.15) is 24.8 Å². The third-order valence-corrected chi connectivity index (χ3v) is 2.52. The van der Waals surface area contributed by atoms with Gasteiger partial charge in [0.25, 0.3) is 0 Å². The number of nitrogens with one attached hydrogen (secondary N) is 2. The Labute approximate surface area is 106 Å². The van der Waals surface area contributed by atoms with Crippen LogP contribution in [0.3, 0.4) is 0 Å². The van der Waals surface area contributed by atoms with Crippen LogP contribution < -0.4 is 10.6 Å². The van der Waals surface area contributed by atoms with Gasteiger partial charge in [-0.3, -0.25) is 0 Å². The van der Waals surface area contributed by atoms with Gasteiger partial charge in [0.15, 0.2) is 0 Å². The van der Waals surface area contributed by atoms with Crippen LogP contribution in [0.15, 0.2) is 24.3 Å². The van der Waals surface area contributed by atoms with Gasteiger partial charge in [-0.1, -0.05) is 18.2 Å². The summed E-state index contributed by atoms with van der Waals surface area (Å²) < 4.78 is 13.2. The number of rotatable bonds is 7. The first kappa shape index (κ1) is 14.4. The minimum atomic E-state index is -0.319. The summed E-state index contributed by atoms with van der Waals surface area (Å²) in [5, 5.41) is 13.8. The third-order valence-electron chi connectivity index (χ3n) is 2.52. The molecular weight excluding hydrogens is 235 g/mol. The Kier molecular flexibility index (Phi) is 6.79. The van der Waals surface area contributed by atoms with E-state index in [2.05, 4.69) is 10.6 Å². The predicted octanol–water partition coefficient (Wildman–Crippen LogP) is 1.79. The van der Waals surface area contributed by atoms with Crippen molar-refractivity contribution in [3.63, 3.8) is 0 Å². The molecule has 1 aromatic carbocycles. The van der Waals surface area contributed by atoms with E-state index >= 15 is 0 Å². The highest BCUT2D eigenvalue weighted by atomic mass is 19.1. The van der Waals surface area contributed by atoms with E-state index in [-0.39, 0.29) is 25.0 Å². The van der Waals surface area contributed by atoms with E-state index in [0.717, 1.165) is 19.3 Å². The molecule has 0 bridgehead atoms. The zero-order chi connectivity index (χ0) is 13.2. The van der Waals surface area contributed by atoms with E-state index in [9.17, 15) is 9.18 Å². The molecule has 5 heteroatoms. The molecule has 18 heavy (non-hydrogen) atoms. The Balaban J connectivity index is 2.15. The molecule has 0 atom stereocenters. The van der Waals surface area contributed by atoms with E-state index in [1.54, 1.807) is 18.2 Å². The van der Waals surface area contributed by atoms with Crippen LogP contribution in [0.2, 0.25) is 0 Å². The SMILES string of the molecule is O=C(NCCCCCO)NCc1ccccc1F. The highest BCUT2D eigenvalue weighted by Gasteiger charge is 2.03. The maximum absolute atomic E-state index is 13.2. The maximum Gasteiger partial charge on any atom is 0.315 e. The first-order valence-electron chi connectivity index (χ1n) is 6.10. The van der Waals surface area contributed by atoms with Gasteiger partial charge in [-0.15, -0.1) is 0 Å². The molecule has 1 aromatic rings. The van der Waals surface area contributed by atoms with Crippen molar-refractivity contribution >= 4 is 6.03 Å². The molecular formula is C13H19FN2O2.